The number of thioether (sulfide) groups is 1. The van der Waals surface area contributed by atoms with E-state index in [1.165, 1.54) is 22.2 Å². The van der Waals surface area contributed by atoms with Crippen molar-refractivity contribution in [3.8, 4) is 0 Å². The molecule has 124 valence electrons. The summed E-state index contributed by atoms with van der Waals surface area (Å²) in [6.45, 7) is 4.73. The van der Waals surface area contributed by atoms with Crippen LogP contribution in [0, 0.1) is 0 Å². The molecule has 23 heavy (non-hydrogen) atoms. The number of nitrogens with zero attached hydrogens (tertiary/aromatic N) is 2. The number of ether oxygens (including phenoxy) is 1. The van der Waals surface area contributed by atoms with Crippen LogP contribution in [0.3, 0.4) is 0 Å². The van der Waals surface area contributed by atoms with E-state index in [0.717, 1.165) is 16.6 Å². The summed E-state index contributed by atoms with van der Waals surface area (Å²) in [4.78, 5) is 21.6. The summed E-state index contributed by atoms with van der Waals surface area (Å²) in [5.41, 5.74) is 7.19. The Morgan fingerprint density at radius 2 is 2.26 bits per heavy atom. The minimum atomic E-state index is -0.782. The maximum atomic E-state index is 10.5. The summed E-state index contributed by atoms with van der Waals surface area (Å²) in [6, 6.07) is 0. The monoisotopic (exact) mass is 353 g/mol. The number of anilines is 1. The number of hydrogen-bond acceptors (Lipinski definition) is 7. The van der Waals surface area contributed by atoms with Gasteiger partial charge in [0.25, 0.3) is 0 Å². The number of hydrogen-bond donors (Lipinski definition) is 2. The molecule has 0 radical (unpaired) electrons. The van der Waals surface area contributed by atoms with Crippen molar-refractivity contribution in [1.29, 1.82) is 0 Å². The molecule has 0 amide bonds. The minimum Gasteiger partial charge on any atom is -0.481 e. The van der Waals surface area contributed by atoms with E-state index < -0.39 is 5.97 Å². The SMILES string of the molecule is CC1(C)Cc2c(sc3nc(SCCCC(=O)O)nc(N)c23)CO1. The van der Waals surface area contributed by atoms with Crippen LogP contribution in [0.1, 0.15) is 37.1 Å². The molecule has 0 fully saturated rings. The average Bonchev–Trinajstić information content (AvgIpc) is 2.80. The molecule has 3 rings (SSSR count). The van der Waals surface area contributed by atoms with Gasteiger partial charge in [-0.15, -0.1) is 11.3 Å². The summed E-state index contributed by atoms with van der Waals surface area (Å²) in [7, 11) is 0. The Balaban J connectivity index is 1.84. The Hall–Kier alpha value is -1.38. The molecule has 0 atom stereocenters. The minimum absolute atomic E-state index is 0.157. The first kappa shape index (κ1) is 16.5. The molecule has 0 unspecified atom stereocenters. The van der Waals surface area contributed by atoms with Gasteiger partial charge in [-0.2, -0.15) is 0 Å². The van der Waals surface area contributed by atoms with E-state index in [0.29, 0.717) is 29.8 Å². The lowest BCUT2D eigenvalue weighted by Gasteiger charge is -2.30. The third-order valence-corrected chi connectivity index (χ3v) is 5.74. The molecular weight excluding hydrogens is 334 g/mol. The number of aliphatic carboxylic acids is 1. The predicted molar refractivity (Wildman–Crippen MR) is 92.0 cm³/mol. The normalized spacial score (nSPS) is 16.4. The van der Waals surface area contributed by atoms with Crippen LogP contribution in [0.5, 0.6) is 0 Å². The number of carboxylic acids is 1. The Morgan fingerprint density at radius 3 is 3.00 bits per heavy atom. The van der Waals surface area contributed by atoms with Crippen molar-refractivity contribution in [1.82, 2.24) is 9.97 Å². The number of fused-ring (bicyclic) bond motifs is 3. The highest BCUT2D eigenvalue weighted by molar-refractivity contribution is 7.99. The van der Waals surface area contributed by atoms with Crippen molar-refractivity contribution >= 4 is 45.1 Å². The van der Waals surface area contributed by atoms with Gasteiger partial charge in [0.1, 0.15) is 10.6 Å². The molecular formula is C15H19N3O3S2. The lowest BCUT2D eigenvalue weighted by atomic mass is 9.94. The summed E-state index contributed by atoms with van der Waals surface area (Å²) in [5.74, 6) is 0.388. The summed E-state index contributed by atoms with van der Waals surface area (Å²) >= 11 is 3.06. The van der Waals surface area contributed by atoms with Crippen molar-refractivity contribution in [3.05, 3.63) is 10.4 Å². The predicted octanol–water partition coefficient (Wildman–Crippen LogP) is 3.08. The van der Waals surface area contributed by atoms with Crippen molar-refractivity contribution in [2.24, 2.45) is 0 Å². The molecule has 3 N–H and O–H groups in total. The summed E-state index contributed by atoms with van der Waals surface area (Å²) in [5, 5.41) is 10.2. The molecule has 0 saturated carbocycles. The van der Waals surface area contributed by atoms with Crippen molar-refractivity contribution in [2.45, 2.75) is 50.5 Å². The van der Waals surface area contributed by atoms with Crippen molar-refractivity contribution < 1.29 is 14.6 Å². The zero-order valence-corrected chi connectivity index (χ0v) is 14.7. The summed E-state index contributed by atoms with van der Waals surface area (Å²) < 4.78 is 5.85. The van der Waals surface area contributed by atoms with Crippen LogP contribution < -0.4 is 5.73 Å². The van der Waals surface area contributed by atoms with Gasteiger partial charge in [-0.3, -0.25) is 4.79 Å². The molecule has 2 aromatic rings. The maximum Gasteiger partial charge on any atom is 0.303 e. The van der Waals surface area contributed by atoms with E-state index in [9.17, 15) is 4.79 Å². The number of nitrogens with two attached hydrogens (primary N) is 1. The lowest BCUT2D eigenvalue weighted by molar-refractivity contribution is -0.137. The quantitative estimate of drug-likeness (QED) is 0.484. The Morgan fingerprint density at radius 1 is 1.48 bits per heavy atom. The third-order valence-electron chi connectivity index (χ3n) is 3.70. The molecule has 3 heterocycles. The molecule has 1 aliphatic heterocycles. The number of nitrogen functional groups attached to an aromatic ring is 1. The van der Waals surface area contributed by atoms with Gasteiger partial charge < -0.3 is 15.6 Å². The molecule has 0 spiro atoms. The molecule has 0 aliphatic carbocycles. The van der Waals surface area contributed by atoms with E-state index >= 15 is 0 Å². The fraction of sp³-hybridized carbons (Fsp3) is 0.533. The standard InChI is InChI=1S/C15H19N3O3S2/c1-15(2)6-8-9(7-21-15)23-13-11(8)12(16)17-14(18-13)22-5-3-4-10(19)20/h3-7H2,1-2H3,(H,19,20)(H2,16,17,18). The number of rotatable bonds is 5. The van der Waals surface area contributed by atoms with E-state index in [2.05, 4.69) is 23.8 Å². The Labute approximate surface area is 142 Å². The van der Waals surface area contributed by atoms with Gasteiger partial charge in [-0.05, 0) is 25.8 Å². The zero-order chi connectivity index (χ0) is 16.6. The van der Waals surface area contributed by atoms with E-state index in [4.69, 9.17) is 15.6 Å². The molecule has 0 aromatic carbocycles. The van der Waals surface area contributed by atoms with Gasteiger partial charge >= 0.3 is 5.97 Å². The van der Waals surface area contributed by atoms with Crippen LogP contribution in [-0.2, 0) is 22.6 Å². The molecule has 8 heteroatoms. The van der Waals surface area contributed by atoms with Crippen LogP contribution in [0.4, 0.5) is 5.82 Å². The highest BCUT2D eigenvalue weighted by Crippen LogP contribution is 2.40. The molecule has 1 aliphatic rings. The smallest absolute Gasteiger partial charge is 0.303 e. The van der Waals surface area contributed by atoms with Gasteiger partial charge in [0.05, 0.1) is 17.6 Å². The van der Waals surface area contributed by atoms with Crippen molar-refractivity contribution in [3.63, 3.8) is 0 Å². The highest BCUT2D eigenvalue weighted by Gasteiger charge is 2.30. The molecule has 6 nitrogen and oxygen atoms in total. The first-order chi connectivity index (χ1) is 10.9. The van der Waals surface area contributed by atoms with Gasteiger partial charge in [-0.1, -0.05) is 11.8 Å². The maximum absolute atomic E-state index is 10.5. The Kier molecular flexibility index (Phi) is 4.48. The zero-order valence-electron chi connectivity index (χ0n) is 13.1. The van der Waals surface area contributed by atoms with Crippen LogP contribution in [-0.4, -0.2) is 32.4 Å². The largest absolute Gasteiger partial charge is 0.481 e. The fourth-order valence-corrected chi connectivity index (χ4v) is 4.56. The second-order valence-electron chi connectivity index (χ2n) is 6.15. The van der Waals surface area contributed by atoms with Crippen LogP contribution in [0.25, 0.3) is 10.2 Å². The first-order valence-corrected chi connectivity index (χ1v) is 9.22. The van der Waals surface area contributed by atoms with Gasteiger partial charge in [0.2, 0.25) is 0 Å². The average molecular weight is 353 g/mol. The number of carbonyl (C=O) groups is 1. The fourth-order valence-electron chi connectivity index (χ4n) is 2.60. The van der Waals surface area contributed by atoms with Crippen LogP contribution >= 0.6 is 23.1 Å². The highest BCUT2D eigenvalue weighted by atomic mass is 32.2. The second-order valence-corrected chi connectivity index (χ2v) is 8.29. The van der Waals surface area contributed by atoms with Crippen LogP contribution in [0.2, 0.25) is 0 Å². The lowest BCUT2D eigenvalue weighted by Crippen LogP contribution is -2.31. The van der Waals surface area contributed by atoms with Crippen molar-refractivity contribution in [2.75, 3.05) is 11.5 Å². The van der Waals surface area contributed by atoms with Crippen LogP contribution in [0.15, 0.2) is 5.16 Å². The van der Waals surface area contributed by atoms with E-state index in [1.807, 2.05) is 0 Å². The Bertz CT molecular complexity index is 758. The topological polar surface area (TPSA) is 98.3 Å². The number of thiophene rings is 1. The molecule has 0 saturated heterocycles. The third kappa shape index (κ3) is 3.59. The van der Waals surface area contributed by atoms with Gasteiger partial charge in [0, 0.05) is 23.5 Å². The number of aromatic nitrogens is 2. The van der Waals surface area contributed by atoms with E-state index in [1.54, 1.807) is 11.3 Å². The molecule has 2 aromatic heterocycles. The first-order valence-electron chi connectivity index (χ1n) is 7.42. The summed E-state index contributed by atoms with van der Waals surface area (Å²) in [6.07, 6.45) is 1.55. The second kappa shape index (κ2) is 6.26. The number of carboxylic acid groups (broad SMARTS) is 1. The van der Waals surface area contributed by atoms with E-state index in [-0.39, 0.29) is 12.0 Å². The van der Waals surface area contributed by atoms with Gasteiger partial charge in [-0.25, -0.2) is 9.97 Å². The molecule has 0 bridgehead atoms. The van der Waals surface area contributed by atoms with Gasteiger partial charge in [0.15, 0.2) is 5.16 Å².